The number of aliphatic hydroxyl groups is 1. The lowest BCUT2D eigenvalue weighted by Gasteiger charge is -2.40. The van der Waals surface area contributed by atoms with Gasteiger partial charge in [-0.25, -0.2) is 0 Å². The molecule has 0 aromatic carbocycles. The average Bonchev–Trinajstić information content (AvgIpc) is 1.94. The molecule has 1 aliphatic rings. The van der Waals surface area contributed by atoms with Crippen molar-refractivity contribution in [2.75, 3.05) is 0 Å². The van der Waals surface area contributed by atoms with E-state index in [1.807, 2.05) is 6.92 Å². The predicted molar refractivity (Wildman–Crippen MR) is 50.8 cm³/mol. The van der Waals surface area contributed by atoms with Gasteiger partial charge in [0.1, 0.15) is 0 Å². The van der Waals surface area contributed by atoms with Gasteiger partial charge in [-0.3, -0.25) is 0 Å². The highest BCUT2D eigenvalue weighted by molar-refractivity contribution is 4.93. The Morgan fingerprint density at radius 3 is 2.50 bits per heavy atom. The maximum atomic E-state index is 9.73. The van der Waals surface area contributed by atoms with E-state index in [9.17, 15) is 5.11 Å². The first-order valence-corrected chi connectivity index (χ1v) is 4.90. The van der Waals surface area contributed by atoms with Gasteiger partial charge in [0.05, 0.1) is 6.10 Å². The number of hydrogen-bond donors (Lipinski definition) is 2. The largest absolute Gasteiger partial charge is 0.391 e. The minimum Gasteiger partial charge on any atom is -0.391 e. The molecular formula is C10H21NO. The van der Waals surface area contributed by atoms with Crippen molar-refractivity contribution in [1.82, 2.24) is 0 Å². The molecule has 12 heavy (non-hydrogen) atoms. The average molecular weight is 171 g/mol. The van der Waals surface area contributed by atoms with Crippen LogP contribution >= 0.6 is 0 Å². The van der Waals surface area contributed by atoms with Crippen LogP contribution in [0.25, 0.3) is 0 Å². The highest BCUT2D eigenvalue weighted by Crippen LogP contribution is 2.34. The normalized spacial score (nSPS) is 43.5. The Morgan fingerprint density at radius 2 is 2.08 bits per heavy atom. The first-order chi connectivity index (χ1) is 5.43. The monoisotopic (exact) mass is 171 g/mol. The SMILES string of the molecule is CC(C)C1CCC(C)(N)C(O)C1. The van der Waals surface area contributed by atoms with Crippen molar-refractivity contribution in [2.24, 2.45) is 17.6 Å². The molecule has 0 bridgehead atoms. The number of rotatable bonds is 1. The fourth-order valence-corrected chi connectivity index (χ4v) is 1.94. The van der Waals surface area contributed by atoms with Crippen LogP contribution < -0.4 is 5.73 Å². The van der Waals surface area contributed by atoms with Crippen molar-refractivity contribution in [3.63, 3.8) is 0 Å². The summed E-state index contributed by atoms with van der Waals surface area (Å²) in [7, 11) is 0. The first-order valence-electron chi connectivity index (χ1n) is 4.90. The number of nitrogens with two attached hydrogens (primary N) is 1. The van der Waals surface area contributed by atoms with Crippen molar-refractivity contribution in [3.8, 4) is 0 Å². The van der Waals surface area contributed by atoms with Crippen molar-refractivity contribution in [1.29, 1.82) is 0 Å². The predicted octanol–water partition coefficient (Wildman–Crippen LogP) is 1.52. The fraction of sp³-hybridized carbons (Fsp3) is 1.00. The molecule has 1 saturated carbocycles. The molecule has 2 heteroatoms. The molecule has 0 spiro atoms. The Hall–Kier alpha value is -0.0800. The minimum atomic E-state index is -0.342. The molecule has 3 N–H and O–H groups in total. The summed E-state index contributed by atoms with van der Waals surface area (Å²) in [6.45, 7) is 6.39. The molecule has 1 aliphatic carbocycles. The number of hydrogen-bond acceptors (Lipinski definition) is 2. The van der Waals surface area contributed by atoms with Gasteiger partial charge in [0.25, 0.3) is 0 Å². The van der Waals surface area contributed by atoms with Crippen LogP contribution in [0.2, 0.25) is 0 Å². The van der Waals surface area contributed by atoms with E-state index >= 15 is 0 Å². The fourth-order valence-electron chi connectivity index (χ4n) is 1.94. The summed E-state index contributed by atoms with van der Waals surface area (Å²) >= 11 is 0. The summed E-state index contributed by atoms with van der Waals surface area (Å²) < 4.78 is 0. The molecule has 3 atom stereocenters. The van der Waals surface area contributed by atoms with Gasteiger partial charge in [-0.15, -0.1) is 0 Å². The lowest BCUT2D eigenvalue weighted by molar-refractivity contribution is 0.0222. The second kappa shape index (κ2) is 3.35. The topological polar surface area (TPSA) is 46.2 Å². The van der Waals surface area contributed by atoms with Gasteiger partial charge in [-0.05, 0) is 38.0 Å². The van der Waals surface area contributed by atoms with E-state index in [1.165, 1.54) is 6.42 Å². The summed E-state index contributed by atoms with van der Waals surface area (Å²) in [5, 5.41) is 9.73. The highest BCUT2D eigenvalue weighted by atomic mass is 16.3. The van der Waals surface area contributed by atoms with Gasteiger partial charge < -0.3 is 10.8 Å². The van der Waals surface area contributed by atoms with Crippen LogP contribution in [0.1, 0.15) is 40.0 Å². The zero-order chi connectivity index (χ0) is 9.35. The lowest BCUT2D eigenvalue weighted by Crippen LogP contribution is -2.52. The molecule has 2 nitrogen and oxygen atoms in total. The van der Waals surface area contributed by atoms with Crippen LogP contribution in [0.5, 0.6) is 0 Å². The Labute approximate surface area is 75.2 Å². The Morgan fingerprint density at radius 1 is 1.50 bits per heavy atom. The molecule has 0 aromatic rings. The lowest BCUT2D eigenvalue weighted by atomic mass is 9.72. The molecule has 0 aromatic heterocycles. The van der Waals surface area contributed by atoms with Gasteiger partial charge >= 0.3 is 0 Å². The van der Waals surface area contributed by atoms with Crippen LogP contribution in [-0.2, 0) is 0 Å². The quantitative estimate of drug-likeness (QED) is 0.628. The molecule has 3 unspecified atom stereocenters. The van der Waals surface area contributed by atoms with Crippen molar-refractivity contribution < 1.29 is 5.11 Å². The van der Waals surface area contributed by atoms with E-state index in [0.717, 1.165) is 12.8 Å². The van der Waals surface area contributed by atoms with Gasteiger partial charge in [0.2, 0.25) is 0 Å². The third kappa shape index (κ3) is 1.99. The second-order valence-electron chi connectivity index (χ2n) is 4.80. The highest BCUT2D eigenvalue weighted by Gasteiger charge is 2.36. The summed E-state index contributed by atoms with van der Waals surface area (Å²) in [4.78, 5) is 0. The van der Waals surface area contributed by atoms with Crippen LogP contribution in [0.3, 0.4) is 0 Å². The van der Waals surface area contributed by atoms with E-state index in [0.29, 0.717) is 11.8 Å². The minimum absolute atomic E-state index is 0.307. The third-order valence-electron chi connectivity index (χ3n) is 3.28. The first kappa shape index (κ1) is 10.0. The Bertz CT molecular complexity index is 154. The van der Waals surface area contributed by atoms with Gasteiger partial charge in [-0.1, -0.05) is 13.8 Å². The Balaban J connectivity index is 2.52. The number of aliphatic hydroxyl groups excluding tert-OH is 1. The maximum Gasteiger partial charge on any atom is 0.0719 e. The van der Waals surface area contributed by atoms with Crippen molar-refractivity contribution in [2.45, 2.75) is 51.7 Å². The van der Waals surface area contributed by atoms with Crippen LogP contribution in [0.15, 0.2) is 0 Å². The van der Waals surface area contributed by atoms with Crippen LogP contribution in [-0.4, -0.2) is 16.7 Å². The standard InChI is InChI=1S/C10H21NO/c1-7(2)8-4-5-10(3,11)9(12)6-8/h7-9,12H,4-6,11H2,1-3H3. The van der Waals surface area contributed by atoms with E-state index < -0.39 is 0 Å². The van der Waals surface area contributed by atoms with Gasteiger partial charge in [0.15, 0.2) is 0 Å². The van der Waals surface area contributed by atoms with Crippen LogP contribution in [0, 0.1) is 11.8 Å². The summed E-state index contributed by atoms with van der Waals surface area (Å²) in [6, 6.07) is 0. The Kier molecular flexibility index (Phi) is 2.79. The molecule has 0 saturated heterocycles. The van der Waals surface area contributed by atoms with E-state index in [1.54, 1.807) is 0 Å². The molecular weight excluding hydrogens is 150 g/mol. The zero-order valence-electron chi connectivity index (χ0n) is 8.38. The second-order valence-corrected chi connectivity index (χ2v) is 4.80. The molecule has 0 radical (unpaired) electrons. The van der Waals surface area contributed by atoms with Crippen molar-refractivity contribution in [3.05, 3.63) is 0 Å². The summed E-state index contributed by atoms with van der Waals surface area (Å²) in [6.07, 6.45) is 2.70. The molecule has 0 amide bonds. The van der Waals surface area contributed by atoms with E-state index in [-0.39, 0.29) is 11.6 Å². The maximum absolute atomic E-state index is 9.73. The molecule has 1 rings (SSSR count). The van der Waals surface area contributed by atoms with Gasteiger partial charge in [-0.2, -0.15) is 0 Å². The molecule has 1 fully saturated rings. The van der Waals surface area contributed by atoms with Crippen LogP contribution in [0.4, 0.5) is 0 Å². The van der Waals surface area contributed by atoms with E-state index in [2.05, 4.69) is 13.8 Å². The van der Waals surface area contributed by atoms with Gasteiger partial charge in [0, 0.05) is 5.54 Å². The molecule has 0 heterocycles. The molecule has 72 valence electrons. The third-order valence-corrected chi connectivity index (χ3v) is 3.28. The van der Waals surface area contributed by atoms with E-state index in [4.69, 9.17) is 5.73 Å². The smallest absolute Gasteiger partial charge is 0.0719 e. The van der Waals surface area contributed by atoms with Crippen molar-refractivity contribution >= 4 is 0 Å². The summed E-state index contributed by atoms with van der Waals surface area (Å²) in [5.74, 6) is 1.34. The summed E-state index contributed by atoms with van der Waals surface area (Å²) in [5.41, 5.74) is 5.59. The zero-order valence-corrected chi connectivity index (χ0v) is 8.38. The molecule has 0 aliphatic heterocycles.